The van der Waals surface area contributed by atoms with Gasteiger partial charge in [0.1, 0.15) is 11.5 Å². The Morgan fingerprint density at radius 2 is 1.89 bits per heavy atom. The minimum Gasteiger partial charge on any atom is -0.507 e. The molecule has 0 saturated carbocycles. The van der Waals surface area contributed by atoms with Gasteiger partial charge in [-0.2, -0.15) is 0 Å². The summed E-state index contributed by atoms with van der Waals surface area (Å²) < 4.78 is 11.2. The molecule has 1 fully saturated rings. The lowest BCUT2D eigenvalue weighted by Crippen LogP contribution is -2.52. The zero-order valence-electron chi connectivity index (χ0n) is 15.8. The highest BCUT2D eigenvalue weighted by Crippen LogP contribution is 2.48. The molecule has 2 atom stereocenters. The highest BCUT2D eigenvalue weighted by molar-refractivity contribution is 6.29. The number of fused-ring (bicyclic) bond motifs is 1. The van der Waals surface area contributed by atoms with Crippen LogP contribution in [-0.2, 0) is 14.3 Å². The van der Waals surface area contributed by atoms with Crippen molar-refractivity contribution in [1.82, 2.24) is 0 Å². The molecule has 7 nitrogen and oxygen atoms in total. The van der Waals surface area contributed by atoms with E-state index in [1.54, 1.807) is 6.92 Å². The van der Waals surface area contributed by atoms with E-state index in [2.05, 4.69) is 0 Å². The van der Waals surface area contributed by atoms with Crippen molar-refractivity contribution in [3.63, 3.8) is 0 Å². The third-order valence-corrected chi connectivity index (χ3v) is 5.92. The van der Waals surface area contributed by atoms with Gasteiger partial charge in [-0.25, -0.2) is 0 Å². The van der Waals surface area contributed by atoms with E-state index in [4.69, 9.17) is 9.47 Å². The first-order valence-corrected chi connectivity index (χ1v) is 9.32. The number of Topliss-reactive ketones (excluding diaryl/α,β-unsaturated/α-hetero) is 3. The average molecular weight is 386 g/mol. The highest BCUT2D eigenvalue weighted by atomic mass is 16.7. The van der Waals surface area contributed by atoms with Gasteiger partial charge in [-0.3, -0.25) is 14.4 Å². The van der Waals surface area contributed by atoms with Gasteiger partial charge in [0.05, 0.1) is 30.3 Å². The minimum atomic E-state index is -1.58. The Bertz CT molecular complexity index is 923. The standard InChI is InChI=1S/C21H22O7/c1-11(22)17-16-13(6-7-21(17,26)10-20(2)27-8-9-28-20)18(24)15-12(19(16)25)4-3-5-14(15)23/h3-5,17,23,26H,6-10H2,1-2H3. The number of aromatic hydroxyl groups is 1. The van der Waals surface area contributed by atoms with Crippen molar-refractivity contribution in [2.75, 3.05) is 13.2 Å². The number of phenolic OH excluding ortho intramolecular Hbond substituents is 1. The first kappa shape index (κ1) is 19.0. The van der Waals surface area contributed by atoms with Gasteiger partial charge in [0.25, 0.3) is 0 Å². The molecule has 1 heterocycles. The van der Waals surface area contributed by atoms with Gasteiger partial charge in [0.2, 0.25) is 0 Å². The quantitative estimate of drug-likeness (QED) is 0.817. The monoisotopic (exact) mass is 386 g/mol. The van der Waals surface area contributed by atoms with Crippen molar-refractivity contribution in [2.24, 2.45) is 5.92 Å². The van der Waals surface area contributed by atoms with E-state index in [-0.39, 0.29) is 47.3 Å². The van der Waals surface area contributed by atoms with E-state index in [9.17, 15) is 24.6 Å². The van der Waals surface area contributed by atoms with Crippen LogP contribution in [0.25, 0.3) is 0 Å². The summed E-state index contributed by atoms with van der Waals surface area (Å²) >= 11 is 0. The Labute approximate surface area is 161 Å². The second kappa shape index (κ2) is 6.34. The fourth-order valence-corrected chi connectivity index (χ4v) is 4.82. The van der Waals surface area contributed by atoms with E-state index in [0.29, 0.717) is 13.2 Å². The average Bonchev–Trinajstić information content (AvgIpc) is 3.04. The number of carbonyl (C=O) groups excluding carboxylic acids is 3. The normalized spacial score (nSPS) is 28.9. The summed E-state index contributed by atoms with van der Waals surface area (Å²) in [6.45, 7) is 3.77. The van der Waals surface area contributed by atoms with Crippen molar-refractivity contribution in [3.8, 4) is 5.75 Å². The van der Waals surface area contributed by atoms with Gasteiger partial charge in [0.15, 0.2) is 17.4 Å². The van der Waals surface area contributed by atoms with Crippen molar-refractivity contribution in [2.45, 2.75) is 44.5 Å². The van der Waals surface area contributed by atoms with Gasteiger partial charge >= 0.3 is 0 Å². The molecular weight excluding hydrogens is 364 g/mol. The second-order valence-corrected chi connectivity index (χ2v) is 7.90. The fourth-order valence-electron chi connectivity index (χ4n) is 4.82. The van der Waals surface area contributed by atoms with Crippen molar-refractivity contribution >= 4 is 17.3 Å². The van der Waals surface area contributed by atoms with Crippen molar-refractivity contribution in [1.29, 1.82) is 0 Å². The predicted molar refractivity (Wildman–Crippen MR) is 97.1 cm³/mol. The molecule has 28 heavy (non-hydrogen) atoms. The third kappa shape index (κ3) is 2.73. The number of phenols is 1. The molecule has 1 aromatic rings. The zero-order valence-corrected chi connectivity index (χ0v) is 15.8. The Morgan fingerprint density at radius 3 is 2.54 bits per heavy atom. The summed E-state index contributed by atoms with van der Waals surface area (Å²) in [6, 6.07) is 4.28. The lowest BCUT2D eigenvalue weighted by Gasteiger charge is -2.44. The van der Waals surface area contributed by atoms with Crippen LogP contribution in [0.2, 0.25) is 0 Å². The Kier molecular flexibility index (Phi) is 4.30. The smallest absolute Gasteiger partial charge is 0.193 e. The van der Waals surface area contributed by atoms with E-state index < -0.39 is 34.7 Å². The Balaban J connectivity index is 1.82. The van der Waals surface area contributed by atoms with E-state index in [0.717, 1.165) is 0 Å². The molecule has 0 spiro atoms. The van der Waals surface area contributed by atoms with Gasteiger partial charge in [-0.15, -0.1) is 0 Å². The van der Waals surface area contributed by atoms with Gasteiger partial charge in [-0.05, 0) is 32.8 Å². The van der Waals surface area contributed by atoms with Crippen LogP contribution in [0.4, 0.5) is 0 Å². The zero-order chi connectivity index (χ0) is 20.3. The van der Waals surface area contributed by atoms with Gasteiger partial charge < -0.3 is 19.7 Å². The van der Waals surface area contributed by atoms with Crippen LogP contribution in [0, 0.1) is 5.92 Å². The molecule has 0 amide bonds. The van der Waals surface area contributed by atoms with Crippen LogP contribution in [-0.4, -0.2) is 52.2 Å². The maximum atomic E-state index is 13.2. The largest absolute Gasteiger partial charge is 0.507 e. The SMILES string of the molecule is CC(=O)C1C2=C(CCC1(O)CC1(C)OCCO1)C(=O)c1c(O)cccc1C2=O. The van der Waals surface area contributed by atoms with Crippen LogP contribution >= 0.6 is 0 Å². The number of carbonyl (C=O) groups is 3. The van der Waals surface area contributed by atoms with Crippen LogP contribution in [0.3, 0.4) is 0 Å². The minimum absolute atomic E-state index is 0.00932. The molecule has 7 heteroatoms. The van der Waals surface area contributed by atoms with Crippen LogP contribution < -0.4 is 0 Å². The van der Waals surface area contributed by atoms with Crippen LogP contribution in [0.1, 0.15) is 53.8 Å². The van der Waals surface area contributed by atoms with Gasteiger partial charge in [-0.1, -0.05) is 12.1 Å². The summed E-state index contributed by atoms with van der Waals surface area (Å²) in [7, 11) is 0. The first-order valence-electron chi connectivity index (χ1n) is 9.32. The molecule has 0 bridgehead atoms. The van der Waals surface area contributed by atoms with Gasteiger partial charge in [0, 0.05) is 23.1 Å². The second-order valence-electron chi connectivity index (χ2n) is 7.90. The number of aliphatic hydroxyl groups is 1. The molecule has 0 radical (unpaired) electrons. The maximum absolute atomic E-state index is 13.2. The molecule has 2 unspecified atom stereocenters. The number of benzene rings is 1. The number of hydrogen-bond donors (Lipinski definition) is 2. The fraction of sp³-hybridized carbons (Fsp3) is 0.476. The van der Waals surface area contributed by atoms with Crippen LogP contribution in [0.15, 0.2) is 29.3 Å². The summed E-state index contributed by atoms with van der Waals surface area (Å²) in [6.07, 6.45) is 0.250. The molecule has 4 rings (SSSR count). The number of ether oxygens (including phenoxy) is 2. The number of ketones is 3. The lowest BCUT2D eigenvalue weighted by molar-refractivity contribution is -0.192. The molecule has 2 N–H and O–H groups in total. The molecule has 148 valence electrons. The van der Waals surface area contributed by atoms with E-state index >= 15 is 0 Å². The first-order chi connectivity index (χ1) is 13.2. The maximum Gasteiger partial charge on any atom is 0.193 e. The number of rotatable bonds is 3. The number of allylic oxidation sites excluding steroid dienone is 1. The summed E-state index contributed by atoms with van der Waals surface area (Å²) in [5, 5.41) is 21.5. The molecule has 0 aromatic heterocycles. The molecule has 2 aliphatic carbocycles. The summed E-state index contributed by atoms with van der Waals surface area (Å²) in [5.41, 5.74) is -1.32. The molecule has 3 aliphatic rings. The molecule has 1 saturated heterocycles. The van der Waals surface area contributed by atoms with E-state index in [1.165, 1.54) is 25.1 Å². The predicted octanol–water partition coefficient (Wildman–Crippen LogP) is 1.95. The number of hydrogen-bond acceptors (Lipinski definition) is 7. The molecule has 1 aliphatic heterocycles. The summed E-state index contributed by atoms with van der Waals surface area (Å²) in [5.74, 6) is -3.84. The van der Waals surface area contributed by atoms with Crippen molar-refractivity contribution in [3.05, 3.63) is 40.5 Å². The van der Waals surface area contributed by atoms with Crippen LogP contribution in [0.5, 0.6) is 5.75 Å². The molecular formula is C21H22O7. The topological polar surface area (TPSA) is 110 Å². The van der Waals surface area contributed by atoms with E-state index in [1.807, 2.05) is 0 Å². The third-order valence-electron chi connectivity index (χ3n) is 5.92. The lowest BCUT2D eigenvalue weighted by atomic mass is 9.63. The Morgan fingerprint density at radius 1 is 1.21 bits per heavy atom. The summed E-state index contributed by atoms with van der Waals surface area (Å²) in [4.78, 5) is 38.8. The molecule has 1 aromatic carbocycles. The highest BCUT2D eigenvalue weighted by Gasteiger charge is 2.54. The van der Waals surface area contributed by atoms with Crippen molar-refractivity contribution < 1.29 is 34.1 Å². The Hall–Kier alpha value is -2.35.